The summed E-state index contributed by atoms with van der Waals surface area (Å²) in [5.74, 6) is -2.40. The summed E-state index contributed by atoms with van der Waals surface area (Å²) in [5, 5.41) is 26.2. The van der Waals surface area contributed by atoms with Gasteiger partial charge in [0.25, 0.3) is 0 Å². The molecule has 0 unspecified atom stereocenters. The lowest BCUT2D eigenvalue weighted by molar-refractivity contribution is 0.0672. The molecule has 0 radical (unpaired) electrons. The molecule has 0 aliphatic carbocycles. The number of carboxylic acid groups (broad SMARTS) is 2. The van der Waals surface area contributed by atoms with Crippen LogP contribution in [0.4, 0.5) is 0 Å². The smallest absolute Gasteiger partial charge is 0.336 e. The number of aliphatic hydroxyl groups excluding tert-OH is 1. The van der Waals surface area contributed by atoms with Crippen LogP contribution in [0.3, 0.4) is 0 Å². The summed E-state index contributed by atoms with van der Waals surface area (Å²) < 4.78 is 5.00. The van der Waals surface area contributed by atoms with Crippen LogP contribution >= 0.6 is 0 Å². The van der Waals surface area contributed by atoms with E-state index in [1.165, 1.54) is 12.1 Å². The molecule has 0 saturated heterocycles. The van der Waals surface area contributed by atoms with Crippen LogP contribution in [-0.2, 0) is 11.3 Å². The van der Waals surface area contributed by atoms with E-state index < -0.39 is 11.9 Å². The van der Waals surface area contributed by atoms with Gasteiger partial charge in [-0.1, -0.05) is 6.07 Å². The maximum Gasteiger partial charge on any atom is 0.336 e. The van der Waals surface area contributed by atoms with Crippen molar-refractivity contribution in [3.05, 3.63) is 34.9 Å². The number of ether oxygens (including phenoxy) is 1. The Labute approximate surface area is 97.1 Å². The minimum atomic E-state index is -1.21. The maximum absolute atomic E-state index is 10.9. The Bertz CT molecular complexity index is 426. The molecule has 1 rings (SSSR count). The summed E-state index contributed by atoms with van der Waals surface area (Å²) in [6, 6.07) is 3.79. The highest BCUT2D eigenvalue weighted by Crippen LogP contribution is 2.13. The Kier molecular flexibility index (Phi) is 4.62. The van der Waals surface area contributed by atoms with Gasteiger partial charge in [0.05, 0.1) is 30.9 Å². The zero-order valence-electron chi connectivity index (χ0n) is 8.92. The number of carbonyl (C=O) groups is 2. The number of aromatic carboxylic acids is 2. The van der Waals surface area contributed by atoms with Crippen molar-refractivity contribution in [1.82, 2.24) is 0 Å². The lowest BCUT2D eigenvalue weighted by atomic mass is 10.0. The molecule has 0 spiro atoms. The van der Waals surface area contributed by atoms with Crippen LogP contribution < -0.4 is 0 Å². The summed E-state index contributed by atoms with van der Waals surface area (Å²) in [7, 11) is 0. The fraction of sp³-hybridized carbons (Fsp3) is 0.273. The van der Waals surface area contributed by atoms with E-state index in [2.05, 4.69) is 0 Å². The van der Waals surface area contributed by atoms with Crippen LogP contribution in [0.2, 0.25) is 0 Å². The molecular formula is C11H12O6. The van der Waals surface area contributed by atoms with E-state index in [1.54, 1.807) is 0 Å². The van der Waals surface area contributed by atoms with E-state index in [4.69, 9.17) is 20.1 Å². The molecule has 17 heavy (non-hydrogen) atoms. The first-order valence-electron chi connectivity index (χ1n) is 4.84. The number of hydrogen-bond acceptors (Lipinski definition) is 4. The Morgan fingerprint density at radius 3 is 2.41 bits per heavy atom. The lowest BCUT2D eigenvalue weighted by Crippen LogP contribution is -2.08. The van der Waals surface area contributed by atoms with Crippen LogP contribution in [0.15, 0.2) is 18.2 Å². The Morgan fingerprint density at radius 1 is 1.18 bits per heavy atom. The van der Waals surface area contributed by atoms with E-state index in [9.17, 15) is 9.59 Å². The highest BCUT2D eigenvalue weighted by atomic mass is 16.5. The van der Waals surface area contributed by atoms with Gasteiger partial charge in [-0.2, -0.15) is 0 Å². The number of carboxylic acids is 2. The topological polar surface area (TPSA) is 104 Å². The first-order chi connectivity index (χ1) is 8.06. The molecule has 0 aliphatic heterocycles. The predicted octanol–water partition coefficient (Wildman–Crippen LogP) is 0.592. The largest absolute Gasteiger partial charge is 0.478 e. The Balaban J connectivity index is 2.96. The highest BCUT2D eigenvalue weighted by Gasteiger charge is 2.13. The zero-order chi connectivity index (χ0) is 12.8. The number of rotatable bonds is 6. The highest BCUT2D eigenvalue weighted by molar-refractivity contribution is 5.94. The molecule has 0 aliphatic rings. The Morgan fingerprint density at radius 2 is 1.88 bits per heavy atom. The fourth-order valence-electron chi connectivity index (χ4n) is 1.28. The second-order valence-electron chi connectivity index (χ2n) is 3.26. The van der Waals surface area contributed by atoms with Gasteiger partial charge in [0.1, 0.15) is 0 Å². The summed E-state index contributed by atoms with van der Waals surface area (Å²) in [5.41, 5.74) is 0.173. The van der Waals surface area contributed by atoms with Gasteiger partial charge in [0.15, 0.2) is 0 Å². The van der Waals surface area contributed by atoms with Crippen molar-refractivity contribution in [3.63, 3.8) is 0 Å². The second-order valence-corrected chi connectivity index (χ2v) is 3.26. The van der Waals surface area contributed by atoms with Gasteiger partial charge in [0.2, 0.25) is 0 Å². The zero-order valence-corrected chi connectivity index (χ0v) is 8.92. The summed E-state index contributed by atoms with van der Waals surface area (Å²) in [6.45, 7) is -0.0442. The third kappa shape index (κ3) is 3.54. The second kappa shape index (κ2) is 5.97. The van der Waals surface area contributed by atoms with Crippen molar-refractivity contribution >= 4 is 11.9 Å². The van der Waals surface area contributed by atoms with E-state index in [0.29, 0.717) is 5.56 Å². The molecule has 0 saturated carbocycles. The van der Waals surface area contributed by atoms with Crippen molar-refractivity contribution in [2.45, 2.75) is 6.61 Å². The van der Waals surface area contributed by atoms with Crippen LogP contribution in [0, 0.1) is 0 Å². The van der Waals surface area contributed by atoms with E-state index in [-0.39, 0.29) is 30.9 Å². The van der Waals surface area contributed by atoms with Crippen LogP contribution in [0.5, 0.6) is 0 Å². The molecule has 6 nitrogen and oxygen atoms in total. The molecule has 0 fully saturated rings. The van der Waals surface area contributed by atoms with Gasteiger partial charge >= 0.3 is 11.9 Å². The number of hydrogen-bond donors (Lipinski definition) is 3. The normalized spacial score (nSPS) is 10.2. The molecule has 92 valence electrons. The molecule has 1 aromatic rings. The monoisotopic (exact) mass is 240 g/mol. The van der Waals surface area contributed by atoms with Gasteiger partial charge in [0, 0.05) is 0 Å². The molecule has 1 aromatic carbocycles. The molecule has 0 atom stereocenters. The fourth-order valence-corrected chi connectivity index (χ4v) is 1.28. The van der Waals surface area contributed by atoms with Crippen molar-refractivity contribution in [3.8, 4) is 0 Å². The SMILES string of the molecule is O=C(O)c1ccc(COCCO)c(C(=O)O)c1. The molecule has 0 amide bonds. The van der Waals surface area contributed by atoms with Crippen molar-refractivity contribution in [1.29, 1.82) is 0 Å². The Hall–Kier alpha value is -1.92. The minimum absolute atomic E-state index is 0.0160. The van der Waals surface area contributed by atoms with E-state index in [1.807, 2.05) is 0 Å². The predicted molar refractivity (Wildman–Crippen MR) is 57.1 cm³/mol. The average molecular weight is 240 g/mol. The van der Waals surface area contributed by atoms with Gasteiger partial charge in [-0.25, -0.2) is 9.59 Å². The molecule has 3 N–H and O–H groups in total. The molecule has 0 aromatic heterocycles. The average Bonchev–Trinajstić information content (AvgIpc) is 2.29. The lowest BCUT2D eigenvalue weighted by Gasteiger charge is -2.07. The van der Waals surface area contributed by atoms with E-state index >= 15 is 0 Å². The van der Waals surface area contributed by atoms with Gasteiger partial charge in [-0.05, 0) is 17.7 Å². The minimum Gasteiger partial charge on any atom is -0.478 e. The van der Waals surface area contributed by atoms with Gasteiger partial charge < -0.3 is 20.1 Å². The molecular weight excluding hydrogens is 228 g/mol. The number of benzene rings is 1. The molecule has 0 bridgehead atoms. The summed E-state index contributed by atoms with van der Waals surface area (Å²) in [4.78, 5) is 21.6. The molecule has 0 heterocycles. The van der Waals surface area contributed by atoms with Gasteiger partial charge in [-0.3, -0.25) is 0 Å². The van der Waals surface area contributed by atoms with Crippen molar-refractivity contribution < 1.29 is 29.6 Å². The third-order valence-corrected chi connectivity index (χ3v) is 2.08. The van der Waals surface area contributed by atoms with Crippen LogP contribution in [-0.4, -0.2) is 40.5 Å². The van der Waals surface area contributed by atoms with Crippen molar-refractivity contribution in [2.24, 2.45) is 0 Å². The first kappa shape index (κ1) is 13.1. The number of aliphatic hydroxyl groups is 1. The quantitative estimate of drug-likeness (QED) is 0.629. The van der Waals surface area contributed by atoms with E-state index in [0.717, 1.165) is 6.07 Å². The van der Waals surface area contributed by atoms with Crippen molar-refractivity contribution in [2.75, 3.05) is 13.2 Å². The first-order valence-corrected chi connectivity index (χ1v) is 4.84. The summed E-state index contributed by atoms with van der Waals surface area (Å²) >= 11 is 0. The van der Waals surface area contributed by atoms with Crippen LogP contribution in [0.1, 0.15) is 26.3 Å². The van der Waals surface area contributed by atoms with Gasteiger partial charge in [-0.15, -0.1) is 0 Å². The van der Waals surface area contributed by atoms with Crippen LogP contribution in [0.25, 0.3) is 0 Å². The molecule has 6 heteroatoms. The standard InChI is InChI=1S/C11H12O6/c12-3-4-17-6-8-2-1-7(10(13)14)5-9(8)11(15)16/h1-2,5,12H,3-4,6H2,(H,13,14)(H,15,16). The maximum atomic E-state index is 10.9. The summed E-state index contributed by atoms with van der Waals surface area (Å²) in [6.07, 6.45) is 0. The third-order valence-electron chi connectivity index (χ3n) is 2.08.